The molecule has 1 unspecified atom stereocenters. The van der Waals surface area contributed by atoms with Gasteiger partial charge in [0.25, 0.3) is 0 Å². The molecule has 0 bridgehead atoms. The highest BCUT2D eigenvalue weighted by atomic mass is 16.2. The van der Waals surface area contributed by atoms with Crippen LogP contribution in [0.2, 0.25) is 0 Å². The summed E-state index contributed by atoms with van der Waals surface area (Å²) >= 11 is 0. The topological polar surface area (TPSA) is 74.3 Å². The van der Waals surface area contributed by atoms with E-state index in [1.165, 1.54) is 5.56 Å². The van der Waals surface area contributed by atoms with Crippen LogP contribution >= 0.6 is 0 Å². The number of likely N-dealkylation sites (tertiary alicyclic amines) is 1. The van der Waals surface area contributed by atoms with Crippen LogP contribution in [0.15, 0.2) is 54.9 Å². The predicted molar refractivity (Wildman–Crippen MR) is 100 cm³/mol. The van der Waals surface area contributed by atoms with E-state index < -0.39 is 0 Å². The first-order chi connectivity index (χ1) is 12.7. The van der Waals surface area contributed by atoms with Crippen molar-refractivity contribution in [2.45, 2.75) is 31.8 Å². The van der Waals surface area contributed by atoms with Crippen LogP contribution in [-0.2, 0) is 16.1 Å². The van der Waals surface area contributed by atoms with Crippen molar-refractivity contribution in [2.75, 3.05) is 18.4 Å². The fourth-order valence-corrected chi connectivity index (χ4v) is 3.21. The van der Waals surface area contributed by atoms with Crippen LogP contribution in [0.3, 0.4) is 0 Å². The second kappa shape index (κ2) is 9.10. The van der Waals surface area contributed by atoms with Crippen molar-refractivity contribution in [1.29, 1.82) is 0 Å². The number of hydrogen-bond acceptors (Lipinski definition) is 4. The summed E-state index contributed by atoms with van der Waals surface area (Å²) in [5, 5.41) is 5.69. The van der Waals surface area contributed by atoms with Gasteiger partial charge >= 0.3 is 0 Å². The lowest BCUT2D eigenvalue weighted by atomic mass is 10.1. The zero-order chi connectivity index (χ0) is 18.2. The van der Waals surface area contributed by atoms with Crippen LogP contribution in [0.25, 0.3) is 0 Å². The average molecular weight is 352 g/mol. The van der Waals surface area contributed by atoms with Gasteiger partial charge in [0.15, 0.2) is 0 Å². The maximum atomic E-state index is 12.5. The summed E-state index contributed by atoms with van der Waals surface area (Å²) in [5.74, 6) is -0.112. The van der Waals surface area contributed by atoms with E-state index in [1.54, 1.807) is 24.5 Å². The number of pyridine rings is 1. The SMILES string of the molecule is O=C(CCNC(=O)C1CCCN1Cc1ccccc1)Nc1ccncc1. The zero-order valence-electron chi connectivity index (χ0n) is 14.7. The Labute approximate surface area is 153 Å². The molecule has 3 rings (SSSR count). The molecule has 1 aromatic heterocycles. The summed E-state index contributed by atoms with van der Waals surface area (Å²) in [6.07, 6.45) is 5.38. The van der Waals surface area contributed by atoms with Crippen molar-refractivity contribution in [3.05, 3.63) is 60.4 Å². The van der Waals surface area contributed by atoms with Gasteiger partial charge in [-0.1, -0.05) is 30.3 Å². The van der Waals surface area contributed by atoms with Crippen LogP contribution in [-0.4, -0.2) is 40.8 Å². The quantitative estimate of drug-likeness (QED) is 0.801. The zero-order valence-corrected chi connectivity index (χ0v) is 14.7. The number of anilines is 1. The van der Waals surface area contributed by atoms with E-state index in [1.807, 2.05) is 18.2 Å². The van der Waals surface area contributed by atoms with E-state index in [2.05, 4.69) is 32.7 Å². The normalized spacial score (nSPS) is 17.0. The largest absolute Gasteiger partial charge is 0.354 e. The Balaban J connectivity index is 1.43. The van der Waals surface area contributed by atoms with Crippen molar-refractivity contribution in [3.63, 3.8) is 0 Å². The smallest absolute Gasteiger partial charge is 0.237 e. The first-order valence-corrected chi connectivity index (χ1v) is 8.98. The number of nitrogens with one attached hydrogen (secondary N) is 2. The van der Waals surface area contributed by atoms with Gasteiger partial charge in [-0.25, -0.2) is 0 Å². The van der Waals surface area contributed by atoms with Crippen LogP contribution in [0.4, 0.5) is 5.69 Å². The number of hydrogen-bond donors (Lipinski definition) is 2. The minimum atomic E-state index is -0.121. The van der Waals surface area contributed by atoms with E-state index in [0.717, 1.165) is 25.9 Å². The van der Waals surface area contributed by atoms with Gasteiger partial charge in [0.2, 0.25) is 11.8 Å². The molecule has 26 heavy (non-hydrogen) atoms. The van der Waals surface area contributed by atoms with E-state index in [9.17, 15) is 9.59 Å². The average Bonchev–Trinajstić information content (AvgIpc) is 3.11. The van der Waals surface area contributed by atoms with E-state index >= 15 is 0 Å². The van der Waals surface area contributed by atoms with E-state index in [4.69, 9.17) is 0 Å². The lowest BCUT2D eigenvalue weighted by Gasteiger charge is -2.23. The molecular weight excluding hydrogens is 328 g/mol. The molecule has 1 atom stereocenters. The molecule has 0 spiro atoms. The minimum Gasteiger partial charge on any atom is -0.354 e. The van der Waals surface area contributed by atoms with Gasteiger partial charge in [-0.3, -0.25) is 19.5 Å². The van der Waals surface area contributed by atoms with Crippen molar-refractivity contribution in [2.24, 2.45) is 0 Å². The summed E-state index contributed by atoms with van der Waals surface area (Å²) in [6.45, 7) is 2.04. The van der Waals surface area contributed by atoms with Gasteiger partial charge in [-0.2, -0.15) is 0 Å². The molecule has 1 saturated heterocycles. The Morgan fingerprint density at radius 2 is 1.88 bits per heavy atom. The Morgan fingerprint density at radius 3 is 2.65 bits per heavy atom. The highest BCUT2D eigenvalue weighted by Gasteiger charge is 2.30. The summed E-state index contributed by atoms with van der Waals surface area (Å²) in [5.41, 5.74) is 1.92. The lowest BCUT2D eigenvalue weighted by Crippen LogP contribution is -2.43. The van der Waals surface area contributed by atoms with Gasteiger partial charge < -0.3 is 10.6 Å². The Bertz CT molecular complexity index is 721. The molecule has 0 radical (unpaired) electrons. The van der Waals surface area contributed by atoms with Crippen LogP contribution in [0, 0.1) is 0 Å². The number of amides is 2. The second-order valence-corrected chi connectivity index (χ2v) is 6.44. The molecule has 0 saturated carbocycles. The highest BCUT2D eigenvalue weighted by molar-refractivity contribution is 5.91. The molecule has 2 N–H and O–H groups in total. The molecule has 2 aromatic rings. The number of carbonyl (C=O) groups excluding carboxylic acids is 2. The van der Waals surface area contributed by atoms with Gasteiger partial charge in [0, 0.05) is 37.6 Å². The Kier molecular flexibility index (Phi) is 6.33. The predicted octanol–water partition coefficient (Wildman–Crippen LogP) is 2.19. The molecule has 2 amide bonds. The summed E-state index contributed by atoms with van der Waals surface area (Å²) in [4.78, 5) is 30.5. The summed E-state index contributed by atoms with van der Waals surface area (Å²) in [7, 11) is 0. The molecular formula is C20H24N4O2. The standard InChI is InChI=1S/C20H24N4O2/c25-19(23-17-8-11-21-12-9-17)10-13-22-20(26)18-7-4-14-24(18)15-16-5-2-1-3-6-16/h1-3,5-6,8-9,11-12,18H,4,7,10,13-15H2,(H,22,26)(H,21,23,25). The number of rotatable bonds is 7. The van der Waals surface area contributed by atoms with Crippen LogP contribution in [0.5, 0.6) is 0 Å². The summed E-state index contributed by atoms with van der Waals surface area (Å²) < 4.78 is 0. The van der Waals surface area contributed by atoms with Crippen molar-refractivity contribution >= 4 is 17.5 Å². The number of nitrogens with zero attached hydrogens (tertiary/aromatic N) is 2. The van der Waals surface area contributed by atoms with E-state index in [0.29, 0.717) is 12.2 Å². The monoisotopic (exact) mass is 352 g/mol. The third-order valence-corrected chi connectivity index (χ3v) is 4.51. The van der Waals surface area contributed by atoms with Gasteiger partial charge in [0.05, 0.1) is 6.04 Å². The molecule has 1 aliphatic heterocycles. The maximum absolute atomic E-state index is 12.5. The van der Waals surface area contributed by atoms with Crippen molar-refractivity contribution < 1.29 is 9.59 Å². The molecule has 2 heterocycles. The maximum Gasteiger partial charge on any atom is 0.237 e. The minimum absolute atomic E-state index is 0.00939. The fraction of sp³-hybridized carbons (Fsp3) is 0.350. The molecule has 0 aliphatic carbocycles. The Hall–Kier alpha value is -2.73. The Morgan fingerprint density at radius 1 is 1.12 bits per heavy atom. The third kappa shape index (κ3) is 5.13. The molecule has 6 nitrogen and oxygen atoms in total. The third-order valence-electron chi connectivity index (χ3n) is 4.51. The van der Waals surface area contributed by atoms with Crippen LogP contribution in [0.1, 0.15) is 24.8 Å². The molecule has 1 fully saturated rings. The van der Waals surface area contributed by atoms with E-state index in [-0.39, 0.29) is 24.3 Å². The molecule has 1 aliphatic rings. The van der Waals surface area contributed by atoms with Gasteiger partial charge in [-0.05, 0) is 37.1 Å². The molecule has 1 aromatic carbocycles. The van der Waals surface area contributed by atoms with Crippen molar-refractivity contribution in [1.82, 2.24) is 15.2 Å². The number of benzene rings is 1. The fourth-order valence-electron chi connectivity index (χ4n) is 3.21. The molecule has 6 heteroatoms. The number of carbonyl (C=O) groups is 2. The summed E-state index contributed by atoms with van der Waals surface area (Å²) in [6, 6.07) is 13.5. The van der Waals surface area contributed by atoms with Crippen LogP contribution < -0.4 is 10.6 Å². The highest BCUT2D eigenvalue weighted by Crippen LogP contribution is 2.20. The first-order valence-electron chi connectivity index (χ1n) is 8.98. The van der Waals surface area contributed by atoms with Crippen molar-refractivity contribution in [3.8, 4) is 0 Å². The van der Waals surface area contributed by atoms with Gasteiger partial charge in [0.1, 0.15) is 0 Å². The second-order valence-electron chi connectivity index (χ2n) is 6.44. The lowest BCUT2D eigenvalue weighted by molar-refractivity contribution is -0.125. The molecule has 136 valence electrons. The van der Waals surface area contributed by atoms with Gasteiger partial charge in [-0.15, -0.1) is 0 Å². The first kappa shape index (κ1) is 18.1. The number of aromatic nitrogens is 1.